The first kappa shape index (κ1) is 12.9. The highest BCUT2D eigenvalue weighted by Crippen LogP contribution is 2.21. The molecule has 2 rings (SSSR count). The Hall–Kier alpha value is -1.53. The Balaban J connectivity index is 2.15. The molecule has 1 aromatic rings. The summed E-state index contributed by atoms with van der Waals surface area (Å²) in [6.45, 7) is 0.298. The Morgan fingerprint density at radius 1 is 1.67 bits per heavy atom. The van der Waals surface area contributed by atoms with E-state index < -0.39 is 5.82 Å². The summed E-state index contributed by atoms with van der Waals surface area (Å²) in [6, 6.07) is 2.26. The number of aliphatic hydroxyl groups excluding tert-OH is 1. The molecule has 18 heavy (non-hydrogen) atoms. The molecule has 1 saturated heterocycles. The molecule has 0 spiro atoms. The van der Waals surface area contributed by atoms with Gasteiger partial charge in [0.05, 0.1) is 24.9 Å². The highest BCUT2D eigenvalue weighted by atomic mass is 19.1. The molecule has 1 aliphatic rings. The summed E-state index contributed by atoms with van der Waals surface area (Å²) in [5.74, 6) is -0.796. The Morgan fingerprint density at radius 3 is 3.00 bits per heavy atom. The van der Waals surface area contributed by atoms with Gasteiger partial charge in [0.2, 0.25) is 0 Å². The molecule has 0 aromatic carbocycles. The minimum atomic E-state index is -0.485. The van der Waals surface area contributed by atoms with E-state index in [1.165, 1.54) is 17.0 Å². The highest BCUT2D eigenvalue weighted by Gasteiger charge is 2.35. The summed E-state index contributed by atoms with van der Waals surface area (Å²) in [5.41, 5.74) is 0.173. The maximum atomic E-state index is 12.7. The van der Waals surface area contributed by atoms with E-state index in [9.17, 15) is 14.3 Å². The zero-order valence-electron chi connectivity index (χ0n) is 10.0. The van der Waals surface area contributed by atoms with Crippen molar-refractivity contribution in [2.45, 2.75) is 18.6 Å². The molecule has 0 saturated carbocycles. The number of nitrogens with zero attached hydrogens (tertiary/aromatic N) is 2. The summed E-state index contributed by atoms with van der Waals surface area (Å²) < 4.78 is 17.9. The van der Waals surface area contributed by atoms with Crippen LogP contribution < -0.4 is 0 Å². The van der Waals surface area contributed by atoms with Gasteiger partial charge in [0.25, 0.3) is 5.91 Å². The second-order valence-corrected chi connectivity index (χ2v) is 4.25. The van der Waals surface area contributed by atoms with Gasteiger partial charge in [0.15, 0.2) is 0 Å². The molecule has 1 fully saturated rings. The molecule has 2 heterocycles. The Bertz CT molecular complexity index is 424. The summed E-state index contributed by atoms with van der Waals surface area (Å²) in [4.78, 5) is 17.4. The number of hydrogen-bond acceptors (Lipinski definition) is 4. The summed E-state index contributed by atoms with van der Waals surface area (Å²) in [5, 5.41) is 9.26. The van der Waals surface area contributed by atoms with Gasteiger partial charge in [-0.3, -0.25) is 4.79 Å². The van der Waals surface area contributed by atoms with Crippen LogP contribution in [-0.4, -0.2) is 53.3 Å². The van der Waals surface area contributed by atoms with Crippen LogP contribution >= 0.6 is 0 Å². The number of likely N-dealkylation sites (tertiary alicyclic amines) is 1. The number of carbonyl (C=O) groups excluding carboxylic acids is 1. The molecule has 0 aliphatic carbocycles. The van der Waals surface area contributed by atoms with Crippen LogP contribution in [0.15, 0.2) is 18.3 Å². The van der Waals surface area contributed by atoms with Crippen molar-refractivity contribution in [2.75, 3.05) is 20.3 Å². The molecule has 0 unspecified atom stereocenters. The van der Waals surface area contributed by atoms with Crippen molar-refractivity contribution in [3.63, 3.8) is 0 Å². The van der Waals surface area contributed by atoms with Crippen LogP contribution in [0.5, 0.6) is 0 Å². The number of aliphatic hydroxyl groups is 1. The average molecular weight is 254 g/mol. The quantitative estimate of drug-likeness (QED) is 0.850. The predicted octanol–water partition coefficient (Wildman–Crippen LogP) is 0.442. The van der Waals surface area contributed by atoms with Crippen molar-refractivity contribution in [2.24, 2.45) is 0 Å². The maximum absolute atomic E-state index is 12.7. The Morgan fingerprint density at radius 2 is 2.44 bits per heavy atom. The van der Waals surface area contributed by atoms with Gasteiger partial charge in [-0.25, -0.2) is 9.37 Å². The van der Waals surface area contributed by atoms with E-state index in [-0.39, 0.29) is 30.4 Å². The summed E-state index contributed by atoms with van der Waals surface area (Å²) >= 11 is 0. The van der Waals surface area contributed by atoms with Crippen LogP contribution in [0.1, 0.15) is 16.9 Å². The Labute approximate surface area is 104 Å². The van der Waals surface area contributed by atoms with Crippen molar-refractivity contribution in [3.05, 3.63) is 29.8 Å². The van der Waals surface area contributed by atoms with Gasteiger partial charge in [-0.15, -0.1) is 0 Å². The normalized spacial score (nSPS) is 23.4. The van der Waals surface area contributed by atoms with Crippen molar-refractivity contribution < 1.29 is 19.0 Å². The molecule has 1 amide bonds. The molecule has 1 aromatic heterocycles. The van der Waals surface area contributed by atoms with E-state index in [1.807, 2.05) is 0 Å². The Kier molecular flexibility index (Phi) is 3.88. The molecular weight excluding hydrogens is 239 g/mol. The van der Waals surface area contributed by atoms with E-state index >= 15 is 0 Å². The number of rotatable bonds is 3. The number of amides is 1. The van der Waals surface area contributed by atoms with E-state index in [0.29, 0.717) is 13.0 Å². The number of methoxy groups -OCH3 is 1. The van der Waals surface area contributed by atoms with E-state index in [0.717, 1.165) is 6.20 Å². The third-order valence-electron chi connectivity index (χ3n) is 3.13. The predicted molar refractivity (Wildman–Crippen MR) is 61.5 cm³/mol. The zero-order valence-corrected chi connectivity index (χ0v) is 10.0. The summed E-state index contributed by atoms with van der Waals surface area (Å²) in [7, 11) is 1.57. The lowest BCUT2D eigenvalue weighted by atomic mass is 10.2. The van der Waals surface area contributed by atoms with Crippen LogP contribution in [0.2, 0.25) is 0 Å². The van der Waals surface area contributed by atoms with Crippen LogP contribution in [0.25, 0.3) is 0 Å². The molecule has 6 heteroatoms. The third kappa shape index (κ3) is 2.49. The zero-order chi connectivity index (χ0) is 13.1. The van der Waals surface area contributed by atoms with E-state index in [2.05, 4.69) is 4.98 Å². The number of carbonyl (C=O) groups is 1. The monoisotopic (exact) mass is 254 g/mol. The van der Waals surface area contributed by atoms with Gasteiger partial charge < -0.3 is 14.7 Å². The highest BCUT2D eigenvalue weighted by molar-refractivity contribution is 5.92. The standard InChI is InChI=1S/C12H15FN2O3/c1-18-10-4-9(7-16)15(6-10)12(17)11-3-2-8(13)5-14-11/h2-3,5,9-10,16H,4,6-7H2,1H3/t9-,10-/m0/s1. The van der Waals surface area contributed by atoms with E-state index in [1.54, 1.807) is 7.11 Å². The minimum Gasteiger partial charge on any atom is -0.394 e. The van der Waals surface area contributed by atoms with Gasteiger partial charge in [-0.05, 0) is 18.6 Å². The second kappa shape index (κ2) is 5.41. The van der Waals surface area contributed by atoms with Crippen molar-refractivity contribution in [3.8, 4) is 0 Å². The van der Waals surface area contributed by atoms with Crippen molar-refractivity contribution in [1.82, 2.24) is 9.88 Å². The number of hydrogen-bond donors (Lipinski definition) is 1. The minimum absolute atomic E-state index is 0.0773. The molecule has 0 radical (unpaired) electrons. The maximum Gasteiger partial charge on any atom is 0.272 e. The van der Waals surface area contributed by atoms with Crippen LogP contribution in [0, 0.1) is 5.82 Å². The SMILES string of the molecule is CO[C@H]1C[C@@H](CO)N(C(=O)c2ccc(F)cn2)C1. The smallest absolute Gasteiger partial charge is 0.272 e. The van der Waals surface area contributed by atoms with Gasteiger partial charge in [0.1, 0.15) is 11.5 Å². The number of halogens is 1. The van der Waals surface area contributed by atoms with Crippen molar-refractivity contribution in [1.29, 1.82) is 0 Å². The third-order valence-corrected chi connectivity index (χ3v) is 3.13. The molecule has 98 valence electrons. The first-order valence-electron chi connectivity index (χ1n) is 5.72. The fraction of sp³-hybridized carbons (Fsp3) is 0.500. The van der Waals surface area contributed by atoms with Crippen molar-refractivity contribution >= 4 is 5.91 Å². The molecular formula is C12H15FN2O3. The summed E-state index contributed by atoms with van der Waals surface area (Å²) in [6.07, 6.45) is 1.52. The van der Waals surface area contributed by atoms with Crippen LogP contribution in [-0.2, 0) is 4.74 Å². The van der Waals surface area contributed by atoms with Gasteiger partial charge in [-0.1, -0.05) is 0 Å². The lowest BCUT2D eigenvalue weighted by molar-refractivity contribution is 0.0642. The molecule has 5 nitrogen and oxygen atoms in total. The van der Waals surface area contributed by atoms with E-state index in [4.69, 9.17) is 4.74 Å². The number of ether oxygens (including phenoxy) is 1. The lowest BCUT2D eigenvalue weighted by Crippen LogP contribution is -2.38. The van der Waals surface area contributed by atoms with Gasteiger partial charge in [0, 0.05) is 13.7 Å². The fourth-order valence-corrected chi connectivity index (χ4v) is 2.12. The molecule has 2 atom stereocenters. The first-order valence-corrected chi connectivity index (χ1v) is 5.72. The largest absolute Gasteiger partial charge is 0.394 e. The second-order valence-electron chi connectivity index (χ2n) is 4.25. The van der Waals surface area contributed by atoms with Crippen LogP contribution in [0.3, 0.4) is 0 Å². The molecule has 1 N–H and O–H groups in total. The van der Waals surface area contributed by atoms with Gasteiger partial charge >= 0.3 is 0 Å². The topological polar surface area (TPSA) is 62.7 Å². The average Bonchev–Trinajstić information content (AvgIpc) is 2.82. The fourth-order valence-electron chi connectivity index (χ4n) is 2.12. The molecule has 0 bridgehead atoms. The number of aromatic nitrogens is 1. The lowest BCUT2D eigenvalue weighted by Gasteiger charge is -2.22. The number of pyridine rings is 1. The molecule has 1 aliphatic heterocycles. The van der Waals surface area contributed by atoms with Gasteiger partial charge in [-0.2, -0.15) is 0 Å². The van der Waals surface area contributed by atoms with Crippen LogP contribution in [0.4, 0.5) is 4.39 Å². The first-order chi connectivity index (χ1) is 8.65.